The molecular weight excluding hydrogens is 327 g/mol. The largest absolute Gasteiger partial charge is 0.390 e. The number of amides is 1. The second-order valence-corrected chi connectivity index (χ2v) is 7.86. The van der Waals surface area contributed by atoms with Crippen LogP contribution in [0.15, 0.2) is 11.4 Å². The summed E-state index contributed by atoms with van der Waals surface area (Å²) in [5, 5.41) is 1.89. The van der Waals surface area contributed by atoms with Gasteiger partial charge in [-0.15, -0.1) is 11.3 Å². The number of rotatable bonds is 5. The average Bonchev–Trinajstić information content (AvgIpc) is 3.02. The maximum absolute atomic E-state index is 12.0. The summed E-state index contributed by atoms with van der Waals surface area (Å²) in [5.41, 5.74) is 1.04. The normalized spacial score (nSPS) is 22.1. The van der Waals surface area contributed by atoms with E-state index in [0.717, 1.165) is 10.4 Å². The van der Waals surface area contributed by atoms with E-state index in [1.54, 1.807) is 4.72 Å². The Balaban J connectivity index is 1.90. The van der Waals surface area contributed by atoms with Crippen LogP contribution in [0.4, 0.5) is 13.2 Å². The molecule has 1 aromatic heterocycles. The Morgan fingerprint density at radius 3 is 2.67 bits per heavy atom. The fourth-order valence-corrected chi connectivity index (χ4v) is 4.24. The van der Waals surface area contributed by atoms with Crippen molar-refractivity contribution in [2.75, 3.05) is 5.75 Å². The van der Waals surface area contributed by atoms with Crippen molar-refractivity contribution in [3.8, 4) is 0 Å². The van der Waals surface area contributed by atoms with Crippen molar-refractivity contribution in [1.29, 1.82) is 0 Å². The van der Waals surface area contributed by atoms with Crippen LogP contribution < -0.4 is 4.72 Å². The van der Waals surface area contributed by atoms with Gasteiger partial charge in [-0.2, -0.15) is 13.2 Å². The topological polar surface area (TPSA) is 63.2 Å². The van der Waals surface area contributed by atoms with Gasteiger partial charge >= 0.3 is 6.18 Å². The first-order chi connectivity index (χ1) is 9.59. The zero-order valence-corrected chi connectivity index (χ0v) is 12.7. The van der Waals surface area contributed by atoms with Crippen molar-refractivity contribution in [3.05, 3.63) is 21.9 Å². The molecule has 0 radical (unpaired) electrons. The van der Waals surface area contributed by atoms with Crippen molar-refractivity contribution < 1.29 is 26.4 Å². The molecular formula is C12H14F3NO3S2. The summed E-state index contributed by atoms with van der Waals surface area (Å²) in [6.07, 6.45) is -5.50. The maximum Gasteiger partial charge on any atom is 0.390 e. The second-order valence-electron chi connectivity index (χ2n) is 5.07. The highest BCUT2D eigenvalue weighted by Crippen LogP contribution is 2.50. The summed E-state index contributed by atoms with van der Waals surface area (Å²) in [6.45, 7) is 1.90. The van der Waals surface area contributed by atoms with Gasteiger partial charge in [0.05, 0.1) is 12.2 Å². The third-order valence-corrected chi connectivity index (χ3v) is 5.68. The molecule has 1 N–H and O–H groups in total. The molecule has 2 atom stereocenters. The molecule has 1 aliphatic rings. The molecule has 0 bridgehead atoms. The van der Waals surface area contributed by atoms with E-state index in [1.165, 1.54) is 11.3 Å². The number of nitrogens with one attached hydrogen (secondary N) is 1. The molecule has 1 heterocycles. The molecule has 0 aromatic carbocycles. The van der Waals surface area contributed by atoms with E-state index in [0.29, 0.717) is 6.42 Å². The number of thiophene rings is 1. The zero-order valence-electron chi connectivity index (χ0n) is 11.1. The Hall–Kier alpha value is -1.09. The van der Waals surface area contributed by atoms with Gasteiger partial charge in [0.1, 0.15) is 0 Å². The molecule has 2 unspecified atom stereocenters. The first-order valence-electron chi connectivity index (χ1n) is 6.24. The van der Waals surface area contributed by atoms with Crippen LogP contribution in [0.3, 0.4) is 0 Å². The number of carbonyl (C=O) groups excluding carboxylic acids is 1. The number of sulfonamides is 1. The summed E-state index contributed by atoms with van der Waals surface area (Å²) < 4.78 is 60.7. The van der Waals surface area contributed by atoms with Crippen molar-refractivity contribution in [2.45, 2.75) is 31.9 Å². The number of halogens is 3. The summed E-state index contributed by atoms with van der Waals surface area (Å²) in [4.78, 5) is 12.8. The third kappa shape index (κ3) is 4.44. The van der Waals surface area contributed by atoms with Crippen molar-refractivity contribution >= 4 is 27.3 Å². The minimum absolute atomic E-state index is 0.0252. The first kappa shape index (κ1) is 16.3. The fourth-order valence-electron chi connectivity index (χ4n) is 2.07. The van der Waals surface area contributed by atoms with Crippen LogP contribution in [0.2, 0.25) is 0 Å². The maximum atomic E-state index is 12.0. The van der Waals surface area contributed by atoms with E-state index in [-0.39, 0.29) is 5.92 Å². The quantitative estimate of drug-likeness (QED) is 0.895. The van der Waals surface area contributed by atoms with Crippen molar-refractivity contribution in [1.82, 2.24) is 4.72 Å². The van der Waals surface area contributed by atoms with E-state index in [2.05, 4.69) is 0 Å². The van der Waals surface area contributed by atoms with Crippen LogP contribution in [-0.4, -0.2) is 26.3 Å². The van der Waals surface area contributed by atoms with Gasteiger partial charge in [0, 0.05) is 16.7 Å². The Morgan fingerprint density at radius 1 is 1.48 bits per heavy atom. The van der Waals surface area contributed by atoms with Crippen molar-refractivity contribution in [3.63, 3.8) is 0 Å². The zero-order chi connectivity index (χ0) is 15.8. The van der Waals surface area contributed by atoms with E-state index >= 15 is 0 Å². The minimum atomic E-state index is -4.56. The molecule has 0 aliphatic heterocycles. The monoisotopic (exact) mass is 341 g/mol. The van der Waals surface area contributed by atoms with Crippen LogP contribution in [0.25, 0.3) is 0 Å². The third-order valence-electron chi connectivity index (χ3n) is 3.28. The van der Waals surface area contributed by atoms with Crippen molar-refractivity contribution in [2.24, 2.45) is 5.92 Å². The van der Waals surface area contributed by atoms with Gasteiger partial charge in [0.25, 0.3) is 0 Å². The number of carbonyl (C=O) groups is 1. The number of alkyl halides is 3. The Bertz CT molecular complexity index is 636. The molecule has 1 aromatic rings. The van der Waals surface area contributed by atoms with Gasteiger partial charge in [-0.3, -0.25) is 9.52 Å². The molecule has 1 aliphatic carbocycles. The van der Waals surface area contributed by atoms with Gasteiger partial charge in [-0.05, 0) is 30.4 Å². The standard InChI is InChI=1S/C12H14F3NO3S2/c1-7-2-4-20-10(7)8-6-9(8)11(17)16-21(18,19)5-3-12(13,14)15/h2,4,8-9H,3,5-6H2,1H3,(H,16,17). The molecule has 9 heteroatoms. The second kappa shape index (κ2) is 5.60. The lowest BCUT2D eigenvalue weighted by atomic mass is 10.2. The molecule has 1 amide bonds. The first-order valence-corrected chi connectivity index (χ1v) is 8.77. The van der Waals surface area contributed by atoms with Crippen LogP contribution in [0.5, 0.6) is 0 Å². The molecule has 2 rings (SSSR count). The molecule has 21 heavy (non-hydrogen) atoms. The molecule has 1 fully saturated rings. The molecule has 118 valence electrons. The summed E-state index contributed by atoms with van der Waals surface area (Å²) in [7, 11) is -4.24. The predicted octanol–water partition coefficient (Wildman–Crippen LogP) is 2.56. The highest BCUT2D eigenvalue weighted by molar-refractivity contribution is 7.90. The molecule has 1 saturated carbocycles. The smallest absolute Gasteiger partial charge is 0.274 e. The predicted molar refractivity (Wildman–Crippen MR) is 72.5 cm³/mol. The van der Waals surface area contributed by atoms with Gasteiger partial charge in [-0.25, -0.2) is 8.42 Å². The summed E-state index contributed by atoms with van der Waals surface area (Å²) >= 11 is 1.49. The number of hydrogen-bond donors (Lipinski definition) is 1. The SMILES string of the molecule is Cc1ccsc1C1CC1C(=O)NS(=O)(=O)CCC(F)(F)F. The fraction of sp³-hybridized carbons (Fsp3) is 0.583. The molecule has 0 spiro atoms. The lowest BCUT2D eigenvalue weighted by molar-refractivity contribution is -0.130. The lowest BCUT2D eigenvalue weighted by Gasteiger charge is -2.08. The van der Waals surface area contributed by atoms with Crippen LogP contribution >= 0.6 is 11.3 Å². The van der Waals surface area contributed by atoms with Gasteiger partial charge in [0.2, 0.25) is 15.9 Å². The van der Waals surface area contributed by atoms with Crippen LogP contribution in [0.1, 0.15) is 29.2 Å². The number of aryl methyl sites for hydroxylation is 1. The average molecular weight is 341 g/mol. The van der Waals surface area contributed by atoms with E-state index in [9.17, 15) is 26.4 Å². The molecule has 4 nitrogen and oxygen atoms in total. The van der Waals surface area contributed by atoms with Crippen LogP contribution in [0, 0.1) is 12.8 Å². The van der Waals surface area contributed by atoms with Gasteiger partial charge in [-0.1, -0.05) is 0 Å². The Kier molecular flexibility index (Phi) is 4.34. The Labute approximate surface area is 124 Å². The van der Waals surface area contributed by atoms with E-state index in [4.69, 9.17) is 0 Å². The van der Waals surface area contributed by atoms with Gasteiger partial charge < -0.3 is 0 Å². The highest BCUT2D eigenvalue weighted by Gasteiger charge is 2.46. The highest BCUT2D eigenvalue weighted by atomic mass is 32.2. The van der Waals surface area contributed by atoms with E-state index in [1.807, 2.05) is 18.4 Å². The molecule has 0 saturated heterocycles. The minimum Gasteiger partial charge on any atom is -0.274 e. The van der Waals surface area contributed by atoms with Gasteiger partial charge in [0.15, 0.2) is 0 Å². The Morgan fingerprint density at radius 2 is 2.14 bits per heavy atom. The summed E-state index contributed by atoms with van der Waals surface area (Å²) in [5.74, 6) is -2.33. The number of hydrogen-bond acceptors (Lipinski definition) is 4. The van der Waals surface area contributed by atoms with E-state index < -0.39 is 40.2 Å². The summed E-state index contributed by atoms with van der Waals surface area (Å²) in [6, 6.07) is 1.91. The van der Waals surface area contributed by atoms with Crippen LogP contribution in [-0.2, 0) is 14.8 Å². The lowest BCUT2D eigenvalue weighted by Crippen LogP contribution is -2.35.